The van der Waals surface area contributed by atoms with Crippen LogP contribution in [-0.2, 0) is 11.3 Å². The predicted octanol–water partition coefficient (Wildman–Crippen LogP) is 5.04. The molecule has 30 heavy (non-hydrogen) atoms. The highest BCUT2D eigenvalue weighted by Gasteiger charge is 2.06. The number of nitrogens with one attached hydrogen (secondary N) is 1. The van der Waals surface area contributed by atoms with Gasteiger partial charge in [0.05, 0.1) is 23.0 Å². The lowest BCUT2D eigenvalue weighted by Crippen LogP contribution is -2.14. The number of carboxylic acid groups (broad SMARTS) is 1. The first-order valence-electron chi connectivity index (χ1n) is 9.26. The number of nitriles is 2. The molecule has 0 aromatic heterocycles. The van der Waals surface area contributed by atoms with Crippen LogP contribution in [0.25, 0.3) is 5.57 Å². The average molecular weight is 399 g/mol. The van der Waals surface area contributed by atoms with E-state index < -0.39 is 5.97 Å². The van der Waals surface area contributed by atoms with Gasteiger partial charge in [-0.1, -0.05) is 36.4 Å². The Labute approximate surface area is 175 Å². The van der Waals surface area contributed by atoms with Crippen LogP contribution in [0.4, 0.5) is 11.4 Å². The number of nitrogens with zero attached hydrogens (tertiary/aromatic N) is 4. The molecule has 0 aliphatic heterocycles. The largest absolute Gasteiger partial charge is 0.478 e. The molecule has 0 bridgehead atoms. The first-order valence-corrected chi connectivity index (χ1v) is 9.26. The molecular formula is C23H21N5O2. The van der Waals surface area contributed by atoms with Crippen LogP contribution in [0.1, 0.15) is 24.5 Å². The molecule has 2 aromatic carbocycles. The average Bonchev–Trinajstić information content (AvgIpc) is 2.76. The Kier molecular flexibility index (Phi) is 8.67. The van der Waals surface area contributed by atoms with Crippen molar-refractivity contribution in [2.24, 2.45) is 10.2 Å². The molecule has 0 radical (unpaired) electrons. The maximum atomic E-state index is 10.7. The van der Waals surface area contributed by atoms with E-state index in [-0.39, 0.29) is 5.57 Å². The maximum Gasteiger partial charge on any atom is 0.330 e. The highest BCUT2D eigenvalue weighted by atomic mass is 16.4. The fourth-order valence-electron chi connectivity index (χ4n) is 2.53. The summed E-state index contributed by atoms with van der Waals surface area (Å²) in [7, 11) is 0. The van der Waals surface area contributed by atoms with Gasteiger partial charge in [-0.2, -0.15) is 15.6 Å². The molecule has 2 N–H and O–H groups in total. The van der Waals surface area contributed by atoms with Gasteiger partial charge in [-0.25, -0.2) is 4.79 Å². The zero-order valence-corrected chi connectivity index (χ0v) is 16.5. The third kappa shape index (κ3) is 6.83. The van der Waals surface area contributed by atoms with E-state index in [0.29, 0.717) is 42.0 Å². The number of rotatable bonds is 9. The monoisotopic (exact) mass is 399 g/mol. The Hall–Kier alpha value is -4.07. The van der Waals surface area contributed by atoms with Crippen molar-refractivity contribution in [3.05, 3.63) is 77.4 Å². The zero-order chi connectivity index (χ0) is 21.8. The molecule has 0 atom stereocenters. The quantitative estimate of drug-likeness (QED) is 0.265. The van der Waals surface area contributed by atoms with E-state index in [4.69, 9.17) is 10.4 Å². The van der Waals surface area contributed by atoms with E-state index >= 15 is 0 Å². The first kappa shape index (κ1) is 22.2. The van der Waals surface area contributed by atoms with Gasteiger partial charge in [-0.15, -0.1) is 5.11 Å². The van der Waals surface area contributed by atoms with E-state index in [0.717, 1.165) is 5.56 Å². The van der Waals surface area contributed by atoms with Crippen molar-refractivity contribution in [1.82, 2.24) is 5.32 Å². The highest BCUT2D eigenvalue weighted by molar-refractivity contribution is 5.85. The molecule has 0 aliphatic carbocycles. The molecule has 0 spiro atoms. The van der Waals surface area contributed by atoms with Crippen molar-refractivity contribution >= 4 is 22.9 Å². The van der Waals surface area contributed by atoms with Gasteiger partial charge in [0.25, 0.3) is 0 Å². The summed E-state index contributed by atoms with van der Waals surface area (Å²) in [5.41, 5.74) is 3.38. The molecule has 2 aromatic rings. The van der Waals surface area contributed by atoms with Crippen LogP contribution in [0.2, 0.25) is 0 Å². The molecule has 2 rings (SSSR count). The fraction of sp³-hybridized carbons (Fsp3) is 0.174. The zero-order valence-electron chi connectivity index (χ0n) is 16.5. The first-order chi connectivity index (χ1) is 14.5. The van der Waals surface area contributed by atoms with Crippen LogP contribution in [-0.4, -0.2) is 17.6 Å². The Morgan fingerprint density at radius 2 is 1.87 bits per heavy atom. The molecule has 0 saturated carbocycles. The van der Waals surface area contributed by atoms with Gasteiger partial charge in [0.1, 0.15) is 6.07 Å². The van der Waals surface area contributed by atoms with Gasteiger partial charge >= 0.3 is 5.97 Å². The number of aliphatic carboxylic acids is 1. The molecular weight excluding hydrogens is 378 g/mol. The molecule has 7 nitrogen and oxygen atoms in total. The minimum absolute atomic E-state index is 0.238. The summed E-state index contributed by atoms with van der Waals surface area (Å²) in [6.07, 6.45) is 3.53. The normalized spacial score (nSPS) is 11.8. The molecule has 0 unspecified atom stereocenters. The molecule has 7 heteroatoms. The summed E-state index contributed by atoms with van der Waals surface area (Å²) in [5.74, 6) is -0.896. The van der Waals surface area contributed by atoms with Gasteiger partial charge < -0.3 is 10.4 Å². The molecule has 0 aliphatic rings. The molecule has 0 saturated heterocycles. The molecule has 0 amide bonds. The summed E-state index contributed by atoms with van der Waals surface area (Å²) < 4.78 is 0. The van der Waals surface area contributed by atoms with E-state index in [1.165, 1.54) is 6.08 Å². The van der Waals surface area contributed by atoms with Crippen LogP contribution in [0, 0.1) is 22.7 Å². The van der Waals surface area contributed by atoms with E-state index in [1.54, 1.807) is 37.3 Å². The van der Waals surface area contributed by atoms with Crippen LogP contribution < -0.4 is 5.32 Å². The summed E-state index contributed by atoms with van der Waals surface area (Å²) in [6, 6.07) is 18.4. The predicted molar refractivity (Wildman–Crippen MR) is 114 cm³/mol. The SMILES string of the molecule is C/C(=C\CCNCc1ccc(N=Nc2ccccc2/C(C#N)=C/C#N)cc1)C(=O)O. The van der Waals surface area contributed by atoms with E-state index in [2.05, 4.69) is 15.5 Å². The Bertz CT molecular complexity index is 1050. The second-order valence-electron chi connectivity index (χ2n) is 6.34. The van der Waals surface area contributed by atoms with Crippen molar-refractivity contribution in [3.8, 4) is 12.1 Å². The molecule has 0 fully saturated rings. The topological polar surface area (TPSA) is 122 Å². The Balaban J connectivity index is 1.97. The van der Waals surface area contributed by atoms with Crippen LogP contribution in [0.5, 0.6) is 0 Å². The number of benzene rings is 2. The van der Waals surface area contributed by atoms with Gasteiger partial charge in [-0.3, -0.25) is 0 Å². The van der Waals surface area contributed by atoms with Crippen LogP contribution in [0.15, 0.2) is 76.5 Å². The number of carboxylic acids is 1. The minimum atomic E-state index is -0.896. The van der Waals surface area contributed by atoms with Gasteiger partial charge in [-0.05, 0) is 43.7 Å². The lowest BCUT2D eigenvalue weighted by atomic mass is 10.1. The lowest BCUT2D eigenvalue weighted by Gasteiger charge is -2.04. The van der Waals surface area contributed by atoms with Crippen molar-refractivity contribution in [2.45, 2.75) is 19.9 Å². The second kappa shape index (κ2) is 11.7. The van der Waals surface area contributed by atoms with Gasteiger partial charge in [0, 0.05) is 23.8 Å². The smallest absolute Gasteiger partial charge is 0.330 e. The van der Waals surface area contributed by atoms with E-state index in [9.17, 15) is 10.1 Å². The third-order valence-electron chi connectivity index (χ3n) is 4.17. The third-order valence-corrected chi connectivity index (χ3v) is 4.17. The summed E-state index contributed by atoms with van der Waals surface area (Å²) in [4.78, 5) is 10.7. The summed E-state index contributed by atoms with van der Waals surface area (Å²) >= 11 is 0. The van der Waals surface area contributed by atoms with Crippen molar-refractivity contribution in [1.29, 1.82) is 10.5 Å². The number of allylic oxidation sites excluding steroid dienone is 2. The maximum absolute atomic E-state index is 10.7. The summed E-state index contributed by atoms with van der Waals surface area (Å²) in [6.45, 7) is 2.92. The number of carbonyl (C=O) groups is 1. The fourth-order valence-corrected chi connectivity index (χ4v) is 2.53. The number of hydrogen-bond donors (Lipinski definition) is 2. The molecule has 150 valence electrons. The van der Waals surface area contributed by atoms with Gasteiger partial charge in [0.15, 0.2) is 0 Å². The standard InChI is InChI=1S/C23H21N5O2/c1-17(23(29)30)5-4-14-26-16-18-8-10-20(11-9-18)27-28-22-7-3-2-6-21(22)19(15-25)12-13-24/h2-3,5-12,26H,4,14,16H2,1H3,(H,29,30)/b17-5+,19-12+,28-27?. The highest BCUT2D eigenvalue weighted by Crippen LogP contribution is 2.27. The number of azo groups is 1. The Morgan fingerprint density at radius 1 is 1.13 bits per heavy atom. The van der Waals surface area contributed by atoms with Gasteiger partial charge in [0.2, 0.25) is 0 Å². The summed E-state index contributed by atoms with van der Waals surface area (Å²) in [5, 5.41) is 38.6. The lowest BCUT2D eigenvalue weighted by molar-refractivity contribution is -0.132. The Morgan fingerprint density at radius 3 is 2.53 bits per heavy atom. The molecule has 0 heterocycles. The van der Waals surface area contributed by atoms with Crippen molar-refractivity contribution in [3.63, 3.8) is 0 Å². The van der Waals surface area contributed by atoms with E-state index in [1.807, 2.05) is 36.4 Å². The van der Waals surface area contributed by atoms with Crippen LogP contribution >= 0.6 is 0 Å². The minimum Gasteiger partial charge on any atom is -0.478 e. The van der Waals surface area contributed by atoms with Crippen molar-refractivity contribution in [2.75, 3.05) is 6.54 Å². The second-order valence-corrected chi connectivity index (χ2v) is 6.34. The van der Waals surface area contributed by atoms with Crippen molar-refractivity contribution < 1.29 is 9.90 Å². The number of hydrogen-bond acceptors (Lipinski definition) is 6. The van der Waals surface area contributed by atoms with Crippen LogP contribution in [0.3, 0.4) is 0 Å².